The van der Waals surface area contributed by atoms with Crippen molar-refractivity contribution < 1.29 is 8.78 Å². The van der Waals surface area contributed by atoms with Crippen LogP contribution in [0.4, 0.5) is 8.78 Å². The van der Waals surface area contributed by atoms with E-state index in [9.17, 15) is 8.78 Å². The summed E-state index contributed by atoms with van der Waals surface area (Å²) in [6, 6.07) is 11.1. The molecule has 0 unspecified atom stereocenters. The first-order valence-corrected chi connectivity index (χ1v) is 6.80. The van der Waals surface area contributed by atoms with Crippen molar-refractivity contribution in [3.63, 3.8) is 0 Å². The normalized spacial score (nSPS) is 10.9. The van der Waals surface area contributed by atoms with Crippen LogP contribution in [0.15, 0.2) is 42.5 Å². The molecule has 0 spiro atoms. The highest BCUT2D eigenvalue weighted by Gasteiger charge is 2.10. The fraction of sp³-hybridized carbons (Fsp3) is 0.125. The maximum absolute atomic E-state index is 13.6. The van der Waals surface area contributed by atoms with Crippen molar-refractivity contribution in [3.05, 3.63) is 71.1 Å². The molecule has 3 N–H and O–H groups in total. The van der Waals surface area contributed by atoms with E-state index in [1.165, 1.54) is 12.1 Å². The molecule has 0 saturated carbocycles. The zero-order valence-electron chi connectivity index (χ0n) is 11.7. The number of nitrogens with two attached hydrogens (primary N) is 1. The Bertz CT molecular complexity index is 781. The number of hydrogen-bond donors (Lipinski definition) is 2. The monoisotopic (exact) mass is 300 g/mol. The van der Waals surface area contributed by atoms with Crippen molar-refractivity contribution in [2.24, 2.45) is 5.73 Å². The van der Waals surface area contributed by atoms with E-state index in [1.54, 1.807) is 0 Å². The highest BCUT2D eigenvalue weighted by molar-refractivity contribution is 5.55. The van der Waals surface area contributed by atoms with Gasteiger partial charge in [0.2, 0.25) is 0 Å². The Balaban J connectivity index is 1.81. The van der Waals surface area contributed by atoms with Crippen molar-refractivity contribution in [1.29, 1.82) is 0 Å². The molecule has 4 nitrogen and oxygen atoms in total. The first-order valence-electron chi connectivity index (χ1n) is 6.80. The third kappa shape index (κ3) is 3.01. The van der Waals surface area contributed by atoms with Crippen molar-refractivity contribution in [2.45, 2.75) is 13.0 Å². The Morgan fingerprint density at radius 1 is 1.05 bits per heavy atom. The van der Waals surface area contributed by atoms with E-state index in [2.05, 4.69) is 15.2 Å². The quantitative estimate of drug-likeness (QED) is 0.778. The number of hydrogen-bond acceptors (Lipinski definition) is 3. The maximum atomic E-state index is 13.6. The lowest BCUT2D eigenvalue weighted by atomic mass is 10.1. The number of aromatic amines is 1. The lowest BCUT2D eigenvalue weighted by Crippen LogP contribution is -1.96. The highest BCUT2D eigenvalue weighted by atomic mass is 19.1. The molecule has 0 aliphatic carbocycles. The van der Waals surface area contributed by atoms with E-state index in [1.807, 2.05) is 24.3 Å². The number of rotatable bonds is 4. The number of nitrogens with zero attached hydrogens (tertiary/aromatic N) is 2. The Morgan fingerprint density at radius 3 is 2.50 bits per heavy atom. The van der Waals surface area contributed by atoms with Crippen molar-refractivity contribution >= 4 is 0 Å². The summed E-state index contributed by atoms with van der Waals surface area (Å²) in [7, 11) is 0. The average Bonchev–Trinajstić information content (AvgIpc) is 2.99. The summed E-state index contributed by atoms with van der Waals surface area (Å²) in [5, 5.41) is 6.90. The minimum atomic E-state index is -0.598. The van der Waals surface area contributed by atoms with Gasteiger partial charge in [0.25, 0.3) is 0 Å². The summed E-state index contributed by atoms with van der Waals surface area (Å²) < 4.78 is 26.5. The molecule has 22 heavy (non-hydrogen) atoms. The van der Waals surface area contributed by atoms with E-state index < -0.39 is 11.6 Å². The highest BCUT2D eigenvalue weighted by Crippen LogP contribution is 2.17. The minimum Gasteiger partial charge on any atom is -0.326 e. The van der Waals surface area contributed by atoms with Crippen LogP contribution in [0.25, 0.3) is 11.4 Å². The molecule has 0 saturated heterocycles. The van der Waals surface area contributed by atoms with Crippen LogP contribution in [0.2, 0.25) is 0 Å². The van der Waals surface area contributed by atoms with Crippen LogP contribution in [0, 0.1) is 11.6 Å². The molecule has 3 rings (SSSR count). The molecule has 3 aromatic rings. The van der Waals surface area contributed by atoms with E-state index in [0.29, 0.717) is 23.8 Å². The molecule has 2 aromatic carbocycles. The minimum absolute atomic E-state index is 0.222. The lowest BCUT2D eigenvalue weighted by molar-refractivity contribution is 0.573. The molecule has 1 aromatic heterocycles. The molecule has 0 bridgehead atoms. The SMILES string of the molecule is NCc1ccc(-c2n[nH]c(Cc3ccc(F)cc3F)n2)cc1. The predicted molar refractivity (Wildman–Crippen MR) is 78.9 cm³/mol. The Labute approximate surface area is 126 Å². The summed E-state index contributed by atoms with van der Waals surface area (Å²) in [5.74, 6) is -0.144. The number of benzene rings is 2. The fourth-order valence-corrected chi connectivity index (χ4v) is 2.14. The van der Waals surface area contributed by atoms with Gasteiger partial charge in [-0.05, 0) is 17.2 Å². The van der Waals surface area contributed by atoms with E-state index in [4.69, 9.17) is 5.73 Å². The molecule has 0 amide bonds. The van der Waals surface area contributed by atoms with Gasteiger partial charge in [0.15, 0.2) is 5.82 Å². The molecule has 6 heteroatoms. The number of H-pyrrole nitrogens is 1. The standard InChI is InChI=1S/C16H14F2N4/c17-13-6-5-12(14(18)8-13)7-15-20-16(22-21-15)11-3-1-10(9-19)2-4-11/h1-6,8H,7,9,19H2,(H,20,21,22). The second-order valence-electron chi connectivity index (χ2n) is 4.92. The molecule has 1 heterocycles. The molecular formula is C16H14F2N4. The second-order valence-corrected chi connectivity index (χ2v) is 4.92. The second kappa shape index (κ2) is 6.03. The number of nitrogens with one attached hydrogen (secondary N) is 1. The van der Waals surface area contributed by atoms with Gasteiger partial charge in [-0.2, -0.15) is 5.10 Å². The number of halogens is 2. The molecule has 0 fully saturated rings. The van der Waals surface area contributed by atoms with Crippen LogP contribution in [0.1, 0.15) is 17.0 Å². The van der Waals surface area contributed by atoms with Gasteiger partial charge < -0.3 is 5.73 Å². The summed E-state index contributed by atoms with van der Waals surface area (Å²) >= 11 is 0. The van der Waals surface area contributed by atoms with E-state index in [-0.39, 0.29) is 6.42 Å². The van der Waals surface area contributed by atoms with Crippen LogP contribution in [0.3, 0.4) is 0 Å². The summed E-state index contributed by atoms with van der Waals surface area (Å²) in [6.45, 7) is 0.476. The van der Waals surface area contributed by atoms with Gasteiger partial charge in [0.05, 0.1) is 0 Å². The summed E-state index contributed by atoms with van der Waals surface area (Å²) in [5.41, 5.74) is 7.79. The lowest BCUT2D eigenvalue weighted by Gasteiger charge is -2.00. The third-order valence-corrected chi connectivity index (χ3v) is 3.35. The van der Waals surface area contributed by atoms with Crippen LogP contribution >= 0.6 is 0 Å². The van der Waals surface area contributed by atoms with Crippen LogP contribution in [-0.2, 0) is 13.0 Å². The zero-order chi connectivity index (χ0) is 15.5. The predicted octanol–water partition coefficient (Wildman–Crippen LogP) is 2.80. The van der Waals surface area contributed by atoms with Gasteiger partial charge in [0.1, 0.15) is 17.5 Å². The van der Waals surface area contributed by atoms with Gasteiger partial charge in [0, 0.05) is 24.6 Å². The Kier molecular flexibility index (Phi) is 3.93. The van der Waals surface area contributed by atoms with Gasteiger partial charge in [-0.3, -0.25) is 5.10 Å². The maximum Gasteiger partial charge on any atom is 0.181 e. The summed E-state index contributed by atoms with van der Waals surface area (Å²) in [6.07, 6.45) is 0.222. The Morgan fingerprint density at radius 2 is 1.82 bits per heavy atom. The fourth-order valence-electron chi connectivity index (χ4n) is 2.14. The van der Waals surface area contributed by atoms with Gasteiger partial charge in [-0.25, -0.2) is 13.8 Å². The molecule has 0 aliphatic rings. The van der Waals surface area contributed by atoms with Crippen LogP contribution < -0.4 is 5.73 Å². The van der Waals surface area contributed by atoms with Crippen molar-refractivity contribution in [2.75, 3.05) is 0 Å². The summed E-state index contributed by atoms with van der Waals surface area (Å²) in [4.78, 5) is 4.34. The van der Waals surface area contributed by atoms with Gasteiger partial charge >= 0.3 is 0 Å². The molecule has 0 atom stereocenters. The molecule has 0 aliphatic heterocycles. The molecule has 0 radical (unpaired) electrons. The van der Waals surface area contributed by atoms with E-state index in [0.717, 1.165) is 17.2 Å². The largest absolute Gasteiger partial charge is 0.326 e. The first kappa shape index (κ1) is 14.3. The topological polar surface area (TPSA) is 67.6 Å². The zero-order valence-corrected chi connectivity index (χ0v) is 11.7. The smallest absolute Gasteiger partial charge is 0.181 e. The third-order valence-electron chi connectivity index (χ3n) is 3.35. The van der Waals surface area contributed by atoms with Crippen molar-refractivity contribution in [1.82, 2.24) is 15.2 Å². The van der Waals surface area contributed by atoms with E-state index >= 15 is 0 Å². The van der Waals surface area contributed by atoms with Crippen molar-refractivity contribution in [3.8, 4) is 11.4 Å². The van der Waals surface area contributed by atoms with Gasteiger partial charge in [-0.15, -0.1) is 0 Å². The average molecular weight is 300 g/mol. The Hall–Kier alpha value is -2.60. The van der Waals surface area contributed by atoms with Crippen LogP contribution in [0.5, 0.6) is 0 Å². The van der Waals surface area contributed by atoms with Gasteiger partial charge in [-0.1, -0.05) is 30.3 Å². The first-order chi connectivity index (χ1) is 10.7. The molecular weight excluding hydrogens is 286 g/mol. The molecule has 112 valence electrons. The number of aromatic nitrogens is 3. The van der Waals surface area contributed by atoms with Crippen LogP contribution in [-0.4, -0.2) is 15.2 Å².